The van der Waals surface area contributed by atoms with Gasteiger partial charge in [-0.2, -0.15) is 0 Å². The molecule has 0 fully saturated rings. The Kier molecular flexibility index (Phi) is 3.77. The van der Waals surface area contributed by atoms with E-state index in [0.717, 1.165) is 41.1 Å². The summed E-state index contributed by atoms with van der Waals surface area (Å²) in [5, 5.41) is 3.38. The number of nitrogens with one attached hydrogen (secondary N) is 1. The summed E-state index contributed by atoms with van der Waals surface area (Å²) in [5.74, 6) is 0.856. The number of anilines is 1. The summed E-state index contributed by atoms with van der Waals surface area (Å²) < 4.78 is 7.28. The molecule has 0 amide bonds. The zero-order valence-electron chi connectivity index (χ0n) is 12.3. The van der Waals surface area contributed by atoms with Gasteiger partial charge in [-0.05, 0) is 48.9 Å². The zero-order chi connectivity index (χ0) is 14.7. The van der Waals surface area contributed by atoms with Gasteiger partial charge < -0.3 is 10.1 Å². The van der Waals surface area contributed by atoms with Crippen molar-refractivity contribution in [3.05, 3.63) is 48.8 Å². The number of methoxy groups -OCH3 is 1. The molecule has 4 heteroatoms. The number of hydrogen-bond donors (Lipinski definition) is 1. The lowest BCUT2D eigenvalue weighted by Gasteiger charge is -2.07. The number of hydrogen-bond acceptors (Lipinski definition) is 3. The molecule has 0 saturated heterocycles. The van der Waals surface area contributed by atoms with Gasteiger partial charge in [-0.25, -0.2) is 4.98 Å². The molecule has 4 nitrogen and oxygen atoms in total. The van der Waals surface area contributed by atoms with Crippen LogP contribution < -0.4 is 10.1 Å². The van der Waals surface area contributed by atoms with Crippen LogP contribution in [0, 0.1) is 0 Å². The predicted octanol–water partition coefficient (Wildman–Crippen LogP) is 3.86. The number of ether oxygens (including phenoxy) is 1. The van der Waals surface area contributed by atoms with Crippen LogP contribution in [-0.2, 0) is 0 Å². The summed E-state index contributed by atoms with van der Waals surface area (Å²) in [7, 11) is 1.67. The van der Waals surface area contributed by atoms with E-state index in [2.05, 4.69) is 40.0 Å². The first-order valence-electron chi connectivity index (χ1n) is 7.17. The summed E-state index contributed by atoms with van der Waals surface area (Å²) in [4.78, 5) is 4.50. The van der Waals surface area contributed by atoms with Crippen molar-refractivity contribution in [2.75, 3.05) is 19.0 Å². The van der Waals surface area contributed by atoms with E-state index in [0.29, 0.717) is 0 Å². The van der Waals surface area contributed by atoms with Gasteiger partial charge in [0.1, 0.15) is 12.1 Å². The molecule has 0 bridgehead atoms. The average molecular weight is 281 g/mol. The number of aromatic nitrogens is 2. The second-order valence-electron chi connectivity index (χ2n) is 4.94. The fourth-order valence-electron chi connectivity index (χ4n) is 2.34. The van der Waals surface area contributed by atoms with Crippen LogP contribution in [0.2, 0.25) is 0 Å². The molecule has 1 aromatic heterocycles. The third-order valence-corrected chi connectivity index (χ3v) is 3.48. The van der Waals surface area contributed by atoms with Crippen LogP contribution in [0.5, 0.6) is 5.75 Å². The molecule has 0 aliphatic rings. The number of imidazole rings is 1. The Morgan fingerprint density at radius 1 is 1.14 bits per heavy atom. The van der Waals surface area contributed by atoms with E-state index < -0.39 is 0 Å². The first-order valence-corrected chi connectivity index (χ1v) is 7.17. The molecule has 0 aliphatic carbocycles. The second kappa shape index (κ2) is 5.87. The molecule has 21 heavy (non-hydrogen) atoms. The minimum atomic E-state index is 0.856. The summed E-state index contributed by atoms with van der Waals surface area (Å²) in [6.45, 7) is 3.13. The maximum atomic E-state index is 5.19. The van der Waals surface area contributed by atoms with Crippen molar-refractivity contribution < 1.29 is 4.74 Å². The monoisotopic (exact) mass is 281 g/mol. The van der Waals surface area contributed by atoms with Crippen molar-refractivity contribution in [3.8, 4) is 11.4 Å². The van der Waals surface area contributed by atoms with Crippen LogP contribution in [-0.4, -0.2) is 23.2 Å². The highest BCUT2D eigenvalue weighted by atomic mass is 16.5. The molecule has 0 radical (unpaired) electrons. The summed E-state index contributed by atoms with van der Waals surface area (Å²) in [6, 6.07) is 14.3. The lowest BCUT2D eigenvalue weighted by atomic mass is 10.2. The number of rotatable bonds is 5. The van der Waals surface area contributed by atoms with Crippen LogP contribution in [0.25, 0.3) is 16.7 Å². The van der Waals surface area contributed by atoms with Gasteiger partial charge in [0.25, 0.3) is 0 Å². The second-order valence-corrected chi connectivity index (χ2v) is 4.94. The normalized spacial score (nSPS) is 10.8. The quantitative estimate of drug-likeness (QED) is 0.772. The molecule has 2 aromatic carbocycles. The minimum absolute atomic E-state index is 0.856. The molecule has 0 unspecified atom stereocenters. The highest BCUT2D eigenvalue weighted by molar-refractivity contribution is 5.81. The van der Waals surface area contributed by atoms with Crippen LogP contribution in [0.15, 0.2) is 48.8 Å². The Labute approximate surface area is 124 Å². The smallest absolute Gasteiger partial charge is 0.119 e. The molecule has 0 saturated carbocycles. The third kappa shape index (κ3) is 2.70. The highest BCUT2D eigenvalue weighted by Gasteiger charge is 2.05. The van der Waals surface area contributed by atoms with Gasteiger partial charge in [0.05, 0.1) is 18.1 Å². The van der Waals surface area contributed by atoms with Gasteiger partial charge in [-0.1, -0.05) is 6.92 Å². The van der Waals surface area contributed by atoms with Crippen molar-refractivity contribution in [1.29, 1.82) is 0 Å². The van der Waals surface area contributed by atoms with E-state index in [4.69, 9.17) is 4.74 Å². The van der Waals surface area contributed by atoms with Gasteiger partial charge in [-0.3, -0.25) is 4.57 Å². The van der Waals surface area contributed by atoms with Crippen molar-refractivity contribution in [1.82, 2.24) is 9.55 Å². The van der Waals surface area contributed by atoms with E-state index in [1.54, 1.807) is 7.11 Å². The van der Waals surface area contributed by atoms with Crippen molar-refractivity contribution in [2.24, 2.45) is 0 Å². The van der Waals surface area contributed by atoms with Crippen LogP contribution in [0.1, 0.15) is 13.3 Å². The summed E-state index contributed by atoms with van der Waals surface area (Å²) in [5.41, 5.74) is 4.28. The van der Waals surface area contributed by atoms with E-state index in [1.807, 2.05) is 30.6 Å². The summed E-state index contributed by atoms with van der Waals surface area (Å²) >= 11 is 0. The Bertz CT molecular complexity index is 731. The molecule has 0 atom stereocenters. The Morgan fingerprint density at radius 2 is 1.95 bits per heavy atom. The molecule has 108 valence electrons. The zero-order valence-corrected chi connectivity index (χ0v) is 12.3. The lowest BCUT2D eigenvalue weighted by Crippen LogP contribution is -1.99. The molecule has 0 spiro atoms. The molecule has 3 rings (SSSR count). The Morgan fingerprint density at radius 3 is 2.67 bits per heavy atom. The largest absolute Gasteiger partial charge is 0.497 e. The summed E-state index contributed by atoms with van der Waals surface area (Å²) in [6.07, 6.45) is 2.97. The van der Waals surface area contributed by atoms with E-state index in [1.165, 1.54) is 0 Å². The van der Waals surface area contributed by atoms with Gasteiger partial charge in [0.2, 0.25) is 0 Å². The molecule has 1 N–H and O–H groups in total. The maximum Gasteiger partial charge on any atom is 0.119 e. The van der Waals surface area contributed by atoms with Crippen molar-refractivity contribution in [2.45, 2.75) is 13.3 Å². The number of nitrogens with zero attached hydrogens (tertiary/aromatic N) is 2. The van der Waals surface area contributed by atoms with Crippen LogP contribution >= 0.6 is 0 Å². The van der Waals surface area contributed by atoms with Gasteiger partial charge in [0.15, 0.2) is 0 Å². The fourth-order valence-corrected chi connectivity index (χ4v) is 2.34. The van der Waals surface area contributed by atoms with E-state index in [9.17, 15) is 0 Å². The molecule has 0 aliphatic heterocycles. The SMILES string of the molecule is CCCNc1ccc2c(c1)ncn2-c1ccc(OC)cc1. The van der Waals surface area contributed by atoms with Crippen LogP contribution in [0.3, 0.4) is 0 Å². The maximum absolute atomic E-state index is 5.19. The first-order chi connectivity index (χ1) is 10.3. The topological polar surface area (TPSA) is 39.1 Å². The van der Waals surface area contributed by atoms with Gasteiger partial charge in [-0.15, -0.1) is 0 Å². The van der Waals surface area contributed by atoms with Gasteiger partial charge >= 0.3 is 0 Å². The van der Waals surface area contributed by atoms with Crippen molar-refractivity contribution >= 4 is 16.7 Å². The predicted molar refractivity (Wildman–Crippen MR) is 86.4 cm³/mol. The molecule has 1 heterocycles. The van der Waals surface area contributed by atoms with Crippen LogP contribution in [0.4, 0.5) is 5.69 Å². The van der Waals surface area contributed by atoms with E-state index >= 15 is 0 Å². The number of benzene rings is 2. The minimum Gasteiger partial charge on any atom is -0.497 e. The standard InChI is InChI=1S/C17H19N3O/c1-3-10-18-13-4-9-17-16(11-13)19-12-20(17)14-5-7-15(21-2)8-6-14/h4-9,11-12,18H,3,10H2,1-2H3. The molecular formula is C17H19N3O. The Balaban J connectivity index is 1.95. The lowest BCUT2D eigenvalue weighted by molar-refractivity contribution is 0.415. The molecular weight excluding hydrogens is 262 g/mol. The van der Waals surface area contributed by atoms with Crippen molar-refractivity contribution in [3.63, 3.8) is 0 Å². The average Bonchev–Trinajstić information content (AvgIpc) is 2.96. The number of fused-ring (bicyclic) bond motifs is 1. The van der Waals surface area contributed by atoms with E-state index in [-0.39, 0.29) is 0 Å². The fraction of sp³-hybridized carbons (Fsp3) is 0.235. The van der Waals surface area contributed by atoms with Gasteiger partial charge in [0, 0.05) is 17.9 Å². The first kappa shape index (κ1) is 13.5. The Hall–Kier alpha value is -2.49. The third-order valence-electron chi connectivity index (χ3n) is 3.48. The molecule has 3 aromatic rings. The highest BCUT2D eigenvalue weighted by Crippen LogP contribution is 2.23.